The molecule has 212 valence electrons. The number of hydrogen-bond donors (Lipinski definition) is 0. The first-order valence-corrected chi connectivity index (χ1v) is 14.4. The molecule has 6 nitrogen and oxygen atoms in total. The summed E-state index contributed by atoms with van der Waals surface area (Å²) in [5.41, 5.74) is 4.84. The minimum Gasteiger partial charge on any atom is -0.490 e. The largest absolute Gasteiger partial charge is 0.490 e. The standard InChI is InChI=1S/C32H35ClFNO5/c1-3-39-28-18-21(17-23(33)32(28)40-19-20-8-4-9-22(34)16-20)29-30-24(10-5-12-26(30)36)35(14-7-15-38-2)25-11-6-13-27(37)31(25)29/h4,8-9,16-18,29H,3,5-7,10-15,19H2,1-2H3. The molecule has 0 N–H and O–H groups in total. The molecule has 2 aliphatic carbocycles. The van der Waals surface area contributed by atoms with Crippen molar-refractivity contribution in [3.63, 3.8) is 0 Å². The summed E-state index contributed by atoms with van der Waals surface area (Å²) in [4.78, 5) is 29.3. The van der Waals surface area contributed by atoms with Crippen molar-refractivity contribution in [1.29, 1.82) is 0 Å². The van der Waals surface area contributed by atoms with E-state index in [0.29, 0.717) is 65.8 Å². The lowest BCUT2D eigenvalue weighted by Gasteiger charge is -2.44. The zero-order chi connectivity index (χ0) is 28.2. The van der Waals surface area contributed by atoms with Gasteiger partial charge in [-0.1, -0.05) is 23.7 Å². The summed E-state index contributed by atoms with van der Waals surface area (Å²) >= 11 is 6.82. The van der Waals surface area contributed by atoms with E-state index in [9.17, 15) is 14.0 Å². The predicted molar refractivity (Wildman–Crippen MR) is 151 cm³/mol. The quantitative estimate of drug-likeness (QED) is 0.291. The maximum Gasteiger partial charge on any atom is 0.180 e. The number of methoxy groups -OCH3 is 1. The van der Waals surface area contributed by atoms with Crippen LogP contribution in [0.15, 0.2) is 58.9 Å². The van der Waals surface area contributed by atoms with Crippen LogP contribution >= 0.6 is 11.6 Å². The van der Waals surface area contributed by atoms with Crippen LogP contribution in [0.4, 0.5) is 4.39 Å². The van der Waals surface area contributed by atoms with Crippen molar-refractivity contribution in [2.45, 2.75) is 64.4 Å². The van der Waals surface area contributed by atoms with Gasteiger partial charge in [0.2, 0.25) is 0 Å². The van der Waals surface area contributed by atoms with E-state index in [1.54, 1.807) is 25.3 Å². The monoisotopic (exact) mass is 567 g/mol. The molecule has 0 bridgehead atoms. The van der Waals surface area contributed by atoms with Gasteiger partial charge in [-0.05, 0) is 74.4 Å². The van der Waals surface area contributed by atoms with Gasteiger partial charge in [-0.2, -0.15) is 0 Å². The van der Waals surface area contributed by atoms with E-state index in [1.807, 2.05) is 13.0 Å². The molecule has 0 unspecified atom stereocenters. The van der Waals surface area contributed by atoms with Crippen LogP contribution in [0.2, 0.25) is 5.02 Å². The molecule has 0 spiro atoms. The van der Waals surface area contributed by atoms with Crippen molar-refractivity contribution >= 4 is 23.2 Å². The van der Waals surface area contributed by atoms with Crippen LogP contribution in [0.1, 0.15) is 68.9 Å². The first-order valence-electron chi connectivity index (χ1n) is 14.0. The Hall–Kier alpha value is -3.16. The zero-order valence-corrected chi connectivity index (χ0v) is 23.8. The van der Waals surface area contributed by atoms with E-state index in [-0.39, 0.29) is 24.0 Å². The highest BCUT2D eigenvalue weighted by Crippen LogP contribution is 2.51. The van der Waals surface area contributed by atoms with Gasteiger partial charge in [-0.25, -0.2) is 4.39 Å². The van der Waals surface area contributed by atoms with Gasteiger partial charge < -0.3 is 19.1 Å². The highest BCUT2D eigenvalue weighted by atomic mass is 35.5. The van der Waals surface area contributed by atoms with E-state index in [1.165, 1.54) is 12.1 Å². The normalized spacial score (nSPS) is 17.8. The maximum absolute atomic E-state index is 13.7. The SMILES string of the molecule is CCOc1cc(C2C3=C(CCCC3=O)N(CCCOC)C3=C2C(=O)CCC3)cc(Cl)c1OCc1cccc(F)c1. The summed E-state index contributed by atoms with van der Waals surface area (Å²) in [6, 6.07) is 9.83. The van der Waals surface area contributed by atoms with Crippen molar-refractivity contribution in [1.82, 2.24) is 4.90 Å². The van der Waals surface area contributed by atoms with Gasteiger partial charge >= 0.3 is 0 Å². The van der Waals surface area contributed by atoms with Crippen molar-refractivity contribution in [2.75, 3.05) is 26.9 Å². The number of carbonyl (C=O) groups excluding carboxylic acids is 2. The number of allylic oxidation sites excluding steroid dienone is 4. The molecule has 40 heavy (non-hydrogen) atoms. The predicted octanol–water partition coefficient (Wildman–Crippen LogP) is 6.91. The summed E-state index contributed by atoms with van der Waals surface area (Å²) in [7, 11) is 1.68. The number of halogens is 2. The smallest absolute Gasteiger partial charge is 0.180 e. The second-order valence-corrected chi connectivity index (χ2v) is 10.8. The minimum atomic E-state index is -0.502. The Morgan fingerprint density at radius 3 is 2.30 bits per heavy atom. The number of ether oxygens (including phenoxy) is 3. The topological polar surface area (TPSA) is 65.1 Å². The fourth-order valence-corrected chi connectivity index (χ4v) is 6.40. The molecule has 2 aromatic carbocycles. The van der Waals surface area contributed by atoms with Gasteiger partial charge in [0.05, 0.1) is 11.6 Å². The number of benzene rings is 2. The molecule has 0 atom stereocenters. The molecule has 0 radical (unpaired) electrons. The molecular formula is C32H35ClFNO5. The molecule has 8 heteroatoms. The van der Waals surface area contributed by atoms with E-state index >= 15 is 0 Å². The van der Waals surface area contributed by atoms with E-state index in [4.69, 9.17) is 25.8 Å². The number of hydrogen-bond acceptors (Lipinski definition) is 6. The molecule has 1 heterocycles. The molecule has 1 aliphatic heterocycles. The fourth-order valence-electron chi connectivity index (χ4n) is 6.13. The molecule has 0 amide bonds. The molecule has 3 aliphatic rings. The molecule has 2 aromatic rings. The Bertz CT molecular complexity index is 1320. The Labute approximate surface area is 239 Å². The Balaban J connectivity index is 1.59. The number of carbonyl (C=O) groups is 2. The van der Waals surface area contributed by atoms with Crippen LogP contribution in [0.25, 0.3) is 0 Å². The van der Waals surface area contributed by atoms with Crippen molar-refractivity contribution in [2.24, 2.45) is 0 Å². The highest BCUT2D eigenvalue weighted by Gasteiger charge is 2.43. The summed E-state index contributed by atoms with van der Waals surface area (Å²) < 4.78 is 31.0. The summed E-state index contributed by atoms with van der Waals surface area (Å²) in [6.45, 7) is 3.66. The highest BCUT2D eigenvalue weighted by molar-refractivity contribution is 6.32. The van der Waals surface area contributed by atoms with Crippen LogP contribution in [-0.2, 0) is 20.9 Å². The first kappa shape index (κ1) is 28.4. The van der Waals surface area contributed by atoms with Crippen molar-refractivity contribution in [3.8, 4) is 11.5 Å². The third-order valence-corrected chi connectivity index (χ3v) is 8.03. The average Bonchev–Trinajstić information content (AvgIpc) is 2.93. The van der Waals surface area contributed by atoms with E-state index in [0.717, 1.165) is 49.1 Å². The van der Waals surface area contributed by atoms with Crippen molar-refractivity contribution in [3.05, 3.63) is 80.9 Å². The van der Waals surface area contributed by atoms with Crippen LogP contribution < -0.4 is 9.47 Å². The molecule has 5 rings (SSSR count). The molecule has 0 saturated heterocycles. The van der Waals surface area contributed by atoms with Crippen LogP contribution in [0.5, 0.6) is 11.5 Å². The van der Waals surface area contributed by atoms with Crippen LogP contribution in [0.3, 0.4) is 0 Å². The number of nitrogens with zero attached hydrogens (tertiary/aromatic N) is 1. The summed E-state index contributed by atoms with van der Waals surface area (Å²) in [5.74, 6) is 0.0883. The lowest BCUT2D eigenvalue weighted by Crippen LogP contribution is -2.39. The third kappa shape index (κ3) is 5.68. The Morgan fingerprint density at radius 1 is 0.975 bits per heavy atom. The average molecular weight is 568 g/mol. The second kappa shape index (κ2) is 12.6. The second-order valence-electron chi connectivity index (χ2n) is 10.4. The van der Waals surface area contributed by atoms with E-state index in [2.05, 4.69) is 4.90 Å². The van der Waals surface area contributed by atoms with Crippen LogP contribution in [-0.4, -0.2) is 43.3 Å². The van der Waals surface area contributed by atoms with Gasteiger partial charge in [0.15, 0.2) is 23.1 Å². The molecule has 0 fully saturated rings. The Morgan fingerprint density at radius 2 is 1.68 bits per heavy atom. The van der Waals surface area contributed by atoms with Gasteiger partial charge in [0, 0.05) is 61.6 Å². The lowest BCUT2D eigenvalue weighted by molar-refractivity contribution is -0.117. The molecule has 0 aromatic heterocycles. The fraction of sp³-hybridized carbons (Fsp3) is 0.438. The van der Waals surface area contributed by atoms with Crippen molar-refractivity contribution < 1.29 is 28.2 Å². The van der Waals surface area contributed by atoms with Crippen LogP contribution in [0, 0.1) is 5.82 Å². The number of rotatable bonds is 10. The Kier molecular flexibility index (Phi) is 8.91. The molecule has 0 saturated carbocycles. The zero-order valence-electron chi connectivity index (χ0n) is 23.1. The molecular weight excluding hydrogens is 533 g/mol. The number of Topliss-reactive ketones (excluding diaryl/α,β-unsaturated/α-hetero) is 2. The van der Waals surface area contributed by atoms with Gasteiger partial charge in [-0.15, -0.1) is 0 Å². The van der Waals surface area contributed by atoms with Gasteiger partial charge in [-0.3, -0.25) is 9.59 Å². The minimum absolute atomic E-state index is 0.0772. The maximum atomic E-state index is 13.7. The number of ketones is 2. The van der Waals surface area contributed by atoms with E-state index < -0.39 is 5.92 Å². The third-order valence-electron chi connectivity index (χ3n) is 7.75. The first-order chi connectivity index (χ1) is 19.4. The lowest BCUT2D eigenvalue weighted by atomic mass is 9.71. The summed E-state index contributed by atoms with van der Waals surface area (Å²) in [6.07, 6.45) is 4.87. The van der Waals surface area contributed by atoms with Gasteiger partial charge in [0.1, 0.15) is 12.4 Å². The van der Waals surface area contributed by atoms with Gasteiger partial charge in [0.25, 0.3) is 0 Å². The summed E-state index contributed by atoms with van der Waals surface area (Å²) in [5, 5.41) is 0.315.